The van der Waals surface area contributed by atoms with Crippen LogP contribution in [0.2, 0.25) is 0 Å². The summed E-state index contributed by atoms with van der Waals surface area (Å²) >= 11 is 0. The topological polar surface area (TPSA) is 73.7 Å². The molecule has 27 heavy (non-hydrogen) atoms. The van der Waals surface area contributed by atoms with Crippen molar-refractivity contribution in [2.45, 2.75) is 25.3 Å². The number of hydrogen-bond acceptors (Lipinski definition) is 4. The van der Waals surface area contributed by atoms with Crippen LogP contribution in [0.5, 0.6) is 0 Å². The van der Waals surface area contributed by atoms with Crippen molar-refractivity contribution < 1.29 is 14.7 Å². The number of carboxylic acids is 1. The molecule has 0 bridgehead atoms. The van der Waals surface area contributed by atoms with Gasteiger partial charge in [-0.25, -0.2) is 4.79 Å². The summed E-state index contributed by atoms with van der Waals surface area (Å²) in [5.74, 6) is -0.527. The molecule has 142 valence electrons. The molecule has 2 aromatic rings. The summed E-state index contributed by atoms with van der Waals surface area (Å²) in [5, 5.41) is 9.03. The first-order valence-electron chi connectivity index (χ1n) is 9.21. The quantitative estimate of drug-likeness (QED) is 0.850. The van der Waals surface area contributed by atoms with Crippen LogP contribution in [0, 0.1) is 0 Å². The summed E-state index contributed by atoms with van der Waals surface area (Å²) in [6.45, 7) is 2.53. The lowest BCUT2D eigenvalue weighted by Crippen LogP contribution is -2.43. The van der Waals surface area contributed by atoms with Crippen LogP contribution in [0.3, 0.4) is 0 Å². The van der Waals surface area contributed by atoms with Crippen LogP contribution >= 0.6 is 0 Å². The first-order chi connectivity index (χ1) is 13.0. The lowest BCUT2D eigenvalue weighted by Gasteiger charge is -2.34. The van der Waals surface area contributed by atoms with E-state index in [1.807, 2.05) is 47.3 Å². The molecule has 6 heteroatoms. The zero-order valence-electron chi connectivity index (χ0n) is 15.5. The Morgan fingerprint density at radius 1 is 1.26 bits per heavy atom. The Labute approximate surface area is 159 Å². The number of likely N-dealkylation sites (N-methyl/N-ethyl adjacent to an activating group) is 1. The molecule has 2 heterocycles. The Bertz CT molecular complexity index is 777. The molecule has 0 spiro atoms. The van der Waals surface area contributed by atoms with Crippen molar-refractivity contribution in [3.8, 4) is 0 Å². The first kappa shape index (κ1) is 19.0. The fourth-order valence-corrected chi connectivity index (χ4v) is 3.56. The van der Waals surface area contributed by atoms with Gasteiger partial charge < -0.3 is 10.0 Å². The zero-order chi connectivity index (χ0) is 19.2. The van der Waals surface area contributed by atoms with Gasteiger partial charge in [0, 0.05) is 37.9 Å². The van der Waals surface area contributed by atoms with E-state index < -0.39 is 5.97 Å². The van der Waals surface area contributed by atoms with Crippen LogP contribution in [0.1, 0.15) is 40.2 Å². The molecular formula is C21H25N3O3. The third-order valence-electron chi connectivity index (χ3n) is 4.98. The maximum atomic E-state index is 12.7. The number of nitrogens with zero attached hydrogens (tertiary/aromatic N) is 3. The van der Waals surface area contributed by atoms with E-state index in [-0.39, 0.29) is 11.8 Å². The van der Waals surface area contributed by atoms with E-state index in [9.17, 15) is 9.59 Å². The van der Waals surface area contributed by atoms with Gasteiger partial charge in [-0.3, -0.25) is 14.7 Å². The first-order valence-corrected chi connectivity index (χ1v) is 9.21. The largest absolute Gasteiger partial charge is 0.478 e. The Balaban J connectivity index is 1.56. The van der Waals surface area contributed by atoms with E-state index in [1.165, 1.54) is 0 Å². The number of benzene rings is 1. The molecule has 1 N–H and O–H groups in total. The van der Waals surface area contributed by atoms with Crippen molar-refractivity contribution in [2.75, 3.05) is 26.7 Å². The van der Waals surface area contributed by atoms with Crippen LogP contribution < -0.4 is 0 Å². The second-order valence-electron chi connectivity index (χ2n) is 7.14. The van der Waals surface area contributed by atoms with Gasteiger partial charge in [0.15, 0.2) is 0 Å². The minimum absolute atomic E-state index is 0.133. The summed E-state index contributed by atoms with van der Waals surface area (Å²) in [6, 6.07) is 10.9. The Morgan fingerprint density at radius 2 is 2.04 bits per heavy atom. The second-order valence-corrected chi connectivity index (χ2v) is 7.14. The number of aromatic carboxylic acids is 1. The van der Waals surface area contributed by atoms with Gasteiger partial charge in [-0.2, -0.15) is 0 Å². The van der Waals surface area contributed by atoms with Crippen LogP contribution in [0.25, 0.3) is 0 Å². The number of aromatic nitrogens is 1. The van der Waals surface area contributed by atoms with Gasteiger partial charge in [-0.1, -0.05) is 18.2 Å². The molecule has 1 aliphatic heterocycles. The molecule has 1 saturated heterocycles. The molecule has 1 fully saturated rings. The normalized spacial score (nSPS) is 17.1. The molecule has 1 atom stereocenters. The number of rotatable bonds is 6. The summed E-state index contributed by atoms with van der Waals surface area (Å²) in [7, 11) is 1.94. The predicted octanol–water partition coefficient (Wildman–Crippen LogP) is 2.62. The highest BCUT2D eigenvalue weighted by molar-refractivity contribution is 5.87. The minimum Gasteiger partial charge on any atom is -0.478 e. The number of amides is 1. The molecule has 1 amide bonds. The highest BCUT2D eigenvalue weighted by atomic mass is 16.4. The van der Waals surface area contributed by atoms with Gasteiger partial charge >= 0.3 is 5.97 Å². The number of carboxylic acid groups (broad SMARTS) is 1. The average molecular weight is 367 g/mol. The SMILES string of the molecule is CN(CC(=O)N1CCCC(c2ccc(C(=O)O)cc2)C1)Cc1cccnc1. The summed E-state index contributed by atoms with van der Waals surface area (Å²) in [4.78, 5) is 31.8. The van der Waals surface area contributed by atoms with Crippen molar-refractivity contribution in [3.63, 3.8) is 0 Å². The van der Waals surface area contributed by atoms with Crippen LogP contribution in [-0.2, 0) is 11.3 Å². The van der Waals surface area contributed by atoms with Gasteiger partial charge in [-0.15, -0.1) is 0 Å². The average Bonchev–Trinajstić information content (AvgIpc) is 2.69. The molecule has 6 nitrogen and oxygen atoms in total. The Hall–Kier alpha value is -2.73. The summed E-state index contributed by atoms with van der Waals surface area (Å²) < 4.78 is 0. The Morgan fingerprint density at radius 3 is 2.70 bits per heavy atom. The number of carbonyl (C=O) groups excluding carboxylic acids is 1. The molecule has 0 aliphatic carbocycles. The zero-order valence-corrected chi connectivity index (χ0v) is 15.5. The van der Waals surface area contributed by atoms with E-state index in [1.54, 1.807) is 18.3 Å². The summed E-state index contributed by atoms with van der Waals surface area (Å²) in [6.07, 6.45) is 5.54. The van der Waals surface area contributed by atoms with Crippen molar-refractivity contribution in [1.82, 2.24) is 14.8 Å². The third-order valence-corrected chi connectivity index (χ3v) is 4.98. The van der Waals surface area contributed by atoms with E-state index in [0.29, 0.717) is 25.2 Å². The number of carbonyl (C=O) groups is 2. The maximum absolute atomic E-state index is 12.7. The lowest BCUT2D eigenvalue weighted by atomic mass is 9.90. The van der Waals surface area contributed by atoms with Crippen molar-refractivity contribution in [1.29, 1.82) is 0 Å². The summed E-state index contributed by atoms with van der Waals surface area (Å²) in [5.41, 5.74) is 2.48. The molecule has 1 aliphatic rings. The van der Waals surface area contributed by atoms with Crippen molar-refractivity contribution in [2.24, 2.45) is 0 Å². The monoisotopic (exact) mass is 367 g/mol. The third kappa shape index (κ3) is 5.14. The van der Waals surface area contributed by atoms with E-state index in [0.717, 1.165) is 30.5 Å². The van der Waals surface area contributed by atoms with Crippen LogP contribution in [0.15, 0.2) is 48.8 Å². The smallest absolute Gasteiger partial charge is 0.335 e. The van der Waals surface area contributed by atoms with E-state index in [4.69, 9.17) is 5.11 Å². The number of pyridine rings is 1. The van der Waals surface area contributed by atoms with Crippen molar-refractivity contribution >= 4 is 11.9 Å². The Kier molecular flexibility index (Phi) is 6.19. The molecule has 1 aromatic heterocycles. The predicted molar refractivity (Wildman–Crippen MR) is 103 cm³/mol. The highest BCUT2D eigenvalue weighted by Gasteiger charge is 2.25. The maximum Gasteiger partial charge on any atom is 0.335 e. The standard InChI is InChI=1S/C21H25N3O3/c1-23(13-16-4-2-10-22-12-16)15-20(25)24-11-3-5-19(14-24)17-6-8-18(9-7-17)21(26)27/h2,4,6-10,12,19H,3,5,11,13-15H2,1H3,(H,26,27). The fourth-order valence-electron chi connectivity index (χ4n) is 3.56. The van der Waals surface area contributed by atoms with Crippen LogP contribution in [-0.4, -0.2) is 58.4 Å². The molecule has 1 unspecified atom stereocenters. The van der Waals surface area contributed by atoms with E-state index in [2.05, 4.69) is 4.98 Å². The molecule has 3 rings (SSSR count). The van der Waals surface area contributed by atoms with Gasteiger partial charge in [0.05, 0.1) is 12.1 Å². The lowest BCUT2D eigenvalue weighted by molar-refractivity contribution is -0.133. The number of piperidine rings is 1. The van der Waals surface area contributed by atoms with Crippen molar-refractivity contribution in [3.05, 3.63) is 65.5 Å². The van der Waals surface area contributed by atoms with Gasteiger partial charge in [0.25, 0.3) is 0 Å². The molecule has 0 saturated carbocycles. The van der Waals surface area contributed by atoms with Crippen LogP contribution in [0.4, 0.5) is 0 Å². The van der Waals surface area contributed by atoms with Gasteiger partial charge in [-0.05, 0) is 49.2 Å². The highest BCUT2D eigenvalue weighted by Crippen LogP contribution is 2.27. The second kappa shape index (κ2) is 8.77. The number of hydrogen-bond donors (Lipinski definition) is 1. The van der Waals surface area contributed by atoms with Gasteiger partial charge in [0.1, 0.15) is 0 Å². The minimum atomic E-state index is -0.918. The molecule has 1 aromatic carbocycles. The fraction of sp³-hybridized carbons (Fsp3) is 0.381. The molecule has 0 radical (unpaired) electrons. The van der Waals surface area contributed by atoms with Gasteiger partial charge in [0.2, 0.25) is 5.91 Å². The number of likely N-dealkylation sites (tertiary alicyclic amines) is 1. The molecular weight excluding hydrogens is 342 g/mol. The van der Waals surface area contributed by atoms with E-state index >= 15 is 0 Å².